The lowest BCUT2D eigenvalue weighted by Gasteiger charge is -2.18. The molecule has 0 N–H and O–H groups in total. The summed E-state index contributed by atoms with van der Waals surface area (Å²) >= 11 is 0. The normalized spacial score (nSPS) is 12.1. The summed E-state index contributed by atoms with van der Waals surface area (Å²) in [5.74, 6) is 1.23. The number of fused-ring (bicyclic) bond motifs is 8. The van der Waals surface area contributed by atoms with Gasteiger partial charge in [0.15, 0.2) is 0 Å². The van der Waals surface area contributed by atoms with E-state index in [1.54, 1.807) is 0 Å². The maximum atomic E-state index is 6.74. The molecule has 8 aromatic carbocycles. The smallest absolute Gasteiger partial charge is 0.136 e. The fraction of sp³-hybridized carbons (Fsp3) is 0.0638. The molecule has 0 unspecified atom stereocenters. The third-order valence-electron chi connectivity index (χ3n) is 10.2. The molecule has 2 heteroatoms. The van der Waals surface area contributed by atoms with Crippen LogP contribution in [0.3, 0.4) is 0 Å². The van der Waals surface area contributed by atoms with Gasteiger partial charge in [0.1, 0.15) is 22.5 Å². The highest BCUT2D eigenvalue weighted by atomic mass is 16.3. The Hall–Kier alpha value is -6.12. The van der Waals surface area contributed by atoms with E-state index in [1.807, 2.05) is 6.07 Å². The molecule has 232 valence electrons. The van der Waals surface area contributed by atoms with Crippen LogP contribution >= 0.6 is 0 Å². The second-order valence-electron chi connectivity index (χ2n) is 13.4. The highest BCUT2D eigenvalue weighted by Crippen LogP contribution is 2.50. The van der Waals surface area contributed by atoms with Gasteiger partial charge in [-0.05, 0) is 84.9 Å². The maximum absolute atomic E-state index is 6.74. The van der Waals surface area contributed by atoms with E-state index in [1.165, 1.54) is 65.5 Å². The first kappa shape index (κ1) is 27.9. The molecule has 0 spiro atoms. The van der Waals surface area contributed by atoms with Gasteiger partial charge in [0, 0.05) is 33.2 Å². The number of rotatable bonds is 4. The average molecular weight is 629 g/mol. The Balaban J connectivity index is 1.27. The van der Waals surface area contributed by atoms with E-state index in [4.69, 9.17) is 8.83 Å². The highest BCUT2D eigenvalue weighted by Gasteiger charge is 2.25. The maximum Gasteiger partial charge on any atom is 0.136 e. The van der Waals surface area contributed by atoms with Crippen LogP contribution in [0.15, 0.2) is 160 Å². The van der Waals surface area contributed by atoms with Crippen LogP contribution in [0.25, 0.3) is 98.6 Å². The summed E-state index contributed by atoms with van der Waals surface area (Å²) in [6.07, 6.45) is 0. The minimum absolute atomic E-state index is 0.206. The van der Waals surface area contributed by atoms with Crippen molar-refractivity contribution in [3.63, 3.8) is 0 Å². The zero-order valence-corrected chi connectivity index (χ0v) is 27.3. The summed E-state index contributed by atoms with van der Waals surface area (Å²) in [4.78, 5) is 0. The second kappa shape index (κ2) is 10.7. The van der Waals surface area contributed by atoms with Gasteiger partial charge in [0.2, 0.25) is 0 Å². The molecular weight excluding hydrogens is 597 g/mol. The van der Waals surface area contributed by atoms with Crippen molar-refractivity contribution in [1.82, 2.24) is 0 Å². The molecule has 2 nitrogen and oxygen atoms in total. The van der Waals surface area contributed by atoms with Crippen LogP contribution in [0.5, 0.6) is 0 Å². The fourth-order valence-corrected chi connectivity index (χ4v) is 7.99. The van der Waals surface area contributed by atoms with E-state index >= 15 is 0 Å². The van der Waals surface area contributed by atoms with Crippen molar-refractivity contribution in [2.24, 2.45) is 0 Å². The van der Waals surface area contributed by atoms with Gasteiger partial charge in [-0.2, -0.15) is 0 Å². The summed E-state index contributed by atoms with van der Waals surface area (Å²) < 4.78 is 13.2. The van der Waals surface area contributed by atoms with Crippen molar-refractivity contribution in [3.8, 4) is 33.4 Å². The Morgan fingerprint density at radius 2 is 0.980 bits per heavy atom. The van der Waals surface area contributed by atoms with Crippen LogP contribution in [0.1, 0.15) is 25.5 Å². The largest absolute Gasteiger partial charge is 0.460 e. The monoisotopic (exact) mass is 628 g/mol. The molecular formula is C47H32O2. The lowest BCUT2D eigenvalue weighted by atomic mass is 9.83. The molecule has 10 aromatic rings. The van der Waals surface area contributed by atoms with Crippen LogP contribution in [0, 0.1) is 0 Å². The van der Waals surface area contributed by atoms with Gasteiger partial charge in [-0.3, -0.25) is 0 Å². The Morgan fingerprint density at radius 1 is 0.367 bits per heavy atom. The number of benzene rings is 8. The quantitative estimate of drug-likeness (QED) is 0.181. The van der Waals surface area contributed by atoms with Crippen molar-refractivity contribution in [2.45, 2.75) is 19.8 Å². The molecule has 2 heterocycles. The van der Waals surface area contributed by atoms with Crippen LogP contribution in [-0.4, -0.2) is 0 Å². The molecule has 49 heavy (non-hydrogen) atoms. The molecule has 0 saturated carbocycles. The molecule has 0 bridgehead atoms. The van der Waals surface area contributed by atoms with E-state index < -0.39 is 0 Å². The van der Waals surface area contributed by atoms with Gasteiger partial charge >= 0.3 is 0 Å². The predicted octanol–water partition coefficient (Wildman–Crippen LogP) is 13.9. The molecule has 2 aromatic heterocycles. The zero-order valence-electron chi connectivity index (χ0n) is 27.3. The van der Waals surface area contributed by atoms with Gasteiger partial charge in [0.05, 0.1) is 0 Å². The molecule has 0 fully saturated rings. The van der Waals surface area contributed by atoms with E-state index in [0.717, 1.165) is 38.8 Å². The van der Waals surface area contributed by atoms with Gasteiger partial charge in [-0.15, -0.1) is 0 Å². The molecule has 0 amide bonds. The van der Waals surface area contributed by atoms with Crippen LogP contribution in [-0.2, 0) is 0 Å². The van der Waals surface area contributed by atoms with E-state index in [-0.39, 0.29) is 5.92 Å². The minimum Gasteiger partial charge on any atom is -0.460 e. The molecule has 0 saturated heterocycles. The van der Waals surface area contributed by atoms with Crippen molar-refractivity contribution in [1.29, 1.82) is 0 Å². The number of furan rings is 2. The first-order valence-electron chi connectivity index (χ1n) is 17.0. The van der Waals surface area contributed by atoms with E-state index in [0.29, 0.717) is 0 Å². The first-order chi connectivity index (χ1) is 24.1. The Kier molecular flexibility index (Phi) is 6.10. The molecule has 0 aliphatic heterocycles. The lowest BCUT2D eigenvalue weighted by molar-refractivity contribution is 0.524. The second-order valence-corrected chi connectivity index (χ2v) is 13.4. The summed E-state index contributed by atoms with van der Waals surface area (Å²) in [5, 5.41) is 10.8. The van der Waals surface area contributed by atoms with Crippen molar-refractivity contribution in [3.05, 3.63) is 157 Å². The first-order valence-corrected chi connectivity index (χ1v) is 17.0. The Morgan fingerprint density at radius 3 is 1.69 bits per heavy atom. The third-order valence-corrected chi connectivity index (χ3v) is 10.2. The summed E-state index contributed by atoms with van der Waals surface area (Å²) in [6, 6.07) is 54.5. The predicted molar refractivity (Wildman–Crippen MR) is 206 cm³/mol. The van der Waals surface area contributed by atoms with Crippen molar-refractivity contribution >= 4 is 65.2 Å². The standard InChI is InChI=1S/C47H32O2/c1-28(2)47-46(45-33-15-7-6-14-30(33)21-25-41(45)49-47)44-37-18-10-8-16-35(37)43(36-17-9-11-19-38(36)44)32-22-24-40-39(26-32)34-23-20-31(27-42(34)48-40)29-12-4-3-5-13-29/h3-28H,1-2H3. The van der Waals surface area contributed by atoms with Gasteiger partial charge < -0.3 is 8.83 Å². The Labute approximate surface area is 283 Å². The topological polar surface area (TPSA) is 26.3 Å². The zero-order chi connectivity index (χ0) is 32.6. The van der Waals surface area contributed by atoms with E-state index in [9.17, 15) is 0 Å². The molecule has 0 radical (unpaired) electrons. The lowest BCUT2D eigenvalue weighted by Crippen LogP contribution is -1.94. The van der Waals surface area contributed by atoms with Gasteiger partial charge in [-0.1, -0.05) is 135 Å². The number of hydrogen-bond acceptors (Lipinski definition) is 2. The third kappa shape index (κ3) is 4.20. The summed E-state index contributed by atoms with van der Waals surface area (Å²) in [5.41, 5.74) is 9.91. The SMILES string of the molecule is CC(C)c1oc2ccc3ccccc3c2c1-c1c2ccccc2c(-c2ccc3oc4cc(-c5ccccc5)ccc4c3c2)c2ccccc12. The molecule has 10 rings (SSSR count). The Bertz CT molecular complexity index is 2850. The summed E-state index contributed by atoms with van der Waals surface area (Å²) in [6.45, 7) is 4.46. The van der Waals surface area contributed by atoms with Crippen LogP contribution in [0.2, 0.25) is 0 Å². The van der Waals surface area contributed by atoms with Crippen molar-refractivity contribution < 1.29 is 8.83 Å². The number of hydrogen-bond donors (Lipinski definition) is 0. The van der Waals surface area contributed by atoms with Crippen LogP contribution in [0.4, 0.5) is 0 Å². The molecule has 0 aliphatic rings. The highest BCUT2D eigenvalue weighted by molar-refractivity contribution is 6.26. The minimum atomic E-state index is 0.206. The summed E-state index contributed by atoms with van der Waals surface area (Å²) in [7, 11) is 0. The van der Waals surface area contributed by atoms with Crippen LogP contribution < -0.4 is 0 Å². The van der Waals surface area contributed by atoms with Gasteiger partial charge in [0.25, 0.3) is 0 Å². The van der Waals surface area contributed by atoms with E-state index in [2.05, 4.69) is 159 Å². The average Bonchev–Trinajstić information content (AvgIpc) is 3.72. The molecule has 0 aliphatic carbocycles. The molecule has 0 atom stereocenters. The fourth-order valence-electron chi connectivity index (χ4n) is 7.99. The van der Waals surface area contributed by atoms with Crippen molar-refractivity contribution in [2.75, 3.05) is 0 Å². The van der Waals surface area contributed by atoms with Gasteiger partial charge in [-0.25, -0.2) is 0 Å².